The van der Waals surface area contributed by atoms with E-state index in [1.165, 1.54) is 11.8 Å². The van der Waals surface area contributed by atoms with E-state index in [1.807, 2.05) is 12.1 Å². The second-order valence-corrected chi connectivity index (χ2v) is 6.45. The number of carboxylic acids is 1. The highest BCUT2D eigenvalue weighted by Gasteiger charge is 2.38. The molecule has 3 rings (SSSR count). The number of hydrogen-bond donors (Lipinski definition) is 1. The van der Waals surface area contributed by atoms with E-state index in [0.717, 1.165) is 24.2 Å². The van der Waals surface area contributed by atoms with Gasteiger partial charge in [0.15, 0.2) is 0 Å². The average Bonchev–Trinajstić information content (AvgIpc) is 2.94. The predicted molar refractivity (Wildman–Crippen MR) is 82.4 cm³/mol. The zero-order chi connectivity index (χ0) is 15.9. The largest absolute Gasteiger partial charge is 0.497 e. The van der Waals surface area contributed by atoms with Crippen molar-refractivity contribution in [3.63, 3.8) is 0 Å². The minimum atomic E-state index is -0.955. The number of benzene rings is 1. The Labute approximate surface area is 129 Å². The van der Waals surface area contributed by atoms with Gasteiger partial charge >= 0.3 is 5.97 Å². The number of aromatic carboxylic acids is 1. The van der Waals surface area contributed by atoms with Crippen molar-refractivity contribution in [2.75, 3.05) is 7.11 Å². The van der Waals surface area contributed by atoms with Crippen LogP contribution in [-0.2, 0) is 6.42 Å². The van der Waals surface area contributed by atoms with Crippen LogP contribution in [0.2, 0.25) is 0 Å². The Hall–Kier alpha value is -2.30. The van der Waals surface area contributed by atoms with E-state index >= 15 is 0 Å². The summed E-state index contributed by atoms with van der Waals surface area (Å²) in [4.78, 5) is 15.5. The molecule has 0 fully saturated rings. The molecular weight excluding hydrogens is 280 g/mol. The molecule has 1 N–H and O–H groups in total. The van der Waals surface area contributed by atoms with Crippen molar-refractivity contribution < 1.29 is 14.6 Å². The molecule has 0 saturated carbocycles. The quantitative estimate of drug-likeness (QED) is 0.945. The van der Waals surface area contributed by atoms with Crippen molar-refractivity contribution in [2.45, 2.75) is 32.7 Å². The van der Waals surface area contributed by atoms with Crippen LogP contribution in [0.25, 0.3) is 0 Å². The number of aryl methyl sites for hydroxylation is 1. The van der Waals surface area contributed by atoms with Gasteiger partial charge in [-0.1, -0.05) is 19.9 Å². The smallest absolute Gasteiger partial charge is 0.354 e. The van der Waals surface area contributed by atoms with Gasteiger partial charge in [-0.2, -0.15) is 0 Å². The Kier molecular flexibility index (Phi) is 3.43. The standard InChI is InChI=1S/C17H20N2O3/c1-17(2)7-6-11-4-5-12(22-3)8-13(11)15(17)19-10-18-9-14(19)16(20)21/h4-5,8-10,15H,6-7H2,1-3H3,(H,20,21). The Morgan fingerprint density at radius 2 is 2.23 bits per heavy atom. The minimum absolute atomic E-state index is 0.0652. The first kappa shape index (κ1) is 14.6. The van der Waals surface area contributed by atoms with Crippen LogP contribution >= 0.6 is 0 Å². The fraction of sp³-hybridized carbons (Fsp3) is 0.412. The van der Waals surface area contributed by atoms with Gasteiger partial charge in [-0.05, 0) is 41.5 Å². The van der Waals surface area contributed by atoms with E-state index in [9.17, 15) is 9.90 Å². The predicted octanol–water partition coefficient (Wildman–Crippen LogP) is 3.15. The van der Waals surface area contributed by atoms with Crippen LogP contribution in [0.3, 0.4) is 0 Å². The van der Waals surface area contributed by atoms with Crippen LogP contribution in [0.5, 0.6) is 5.75 Å². The molecule has 0 bridgehead atoms. The lowest BCUT2D eigenvalue weighted by molar-refractivity contribution is 0.0677. The zero-order valence-electron chi connectivity index (χ0n) is 13.0. The summed E-state index contributed by atoms with van der Waals surface area (Å²) in [5.74, 6) is -0.165. The lowest BCUT2D eigenvalue weighted by Gasteiger charge is -2.41. The number of rotatable bonds is 3. The minimum Gasteiger partial charge on any atom is -0.497 e. The van der Waals surface area contributed by atoms with Crippen molar-refractivity contribution in [1.29, 1.82) is 0 Å². The maximum Gasteiger partial charge on any atom is 0.354 e. The van der Waals surface area contributed by atoms with E-state index in [4.69, 9.17) is 4.74 Å². The molecule has 1 atom stereocenters. The molecule has 0 aliphatic heterocycles. The summed E-state index contributed by atoms with van der Waals surface area (Å²) in [6, 6.07) is 5.99. The number of nitrogens with zero attached hydrogens (tertiary/aromatic N) is 2. The van der Waals surface area contributed by atoms with Gasteiger partial charge in [0.05, 0.1) is 25.7 Å². The lowest BCUT2D eigenvalue weighted by Crippen LogP contribution is -2.34. The van der Waals surface area contributed by atoms with Gasteiger partial charge < -0.3 is 14.4 Å². The van der Waals surface area contributed by atoms with Crippen molar-refractivity contribution >= 4 is 5.97 Å². The van der Waals surface area contributed by atoms with Gasteiger partial charge in [-0.25, -0.2) is 9.78 Å². The van der Waals surface area contributed by atoms with Crippen molar-refractivity contribution in [3.8, 4) is 5.75 Å². The lowest BCUT2D eigenvalue weighted by atomic mass is 9.70. The SMILES string of the molecule is COc1ccc2c(c1)C(n1cncc1C(=O)O)C(C)(C)CC2. The third-order valence-electron chi connectivity index (χ3n) is 4.59. The summed E-state index contributed by atoms with van der Waals surface area (Å²) < 4.78 is 7.13. The maximum absolute atomic E-state index is 11.5. The number of aromatic nitrogens is 2. The molecule has 0 saturated heterocycles. The molecule has 116 valence electrons. The Balaban J connectivity index is 2.20. The molecule has 0 amide bonds. The number of carbonyl (C=O) groups is 1. The number of methoxy groups -OCH3 is 1. The Bertz CT molecular complexity index is 718. The third-order valence-corrected chi connectivity index (χ3v) is 4.59. The van der Waals surface area contributed by atoms with Crippen LogP contribution in [-0.4, -0.2) is 27.7 Å². The summed E-state index contributed by atoms with van der Waals surface area (Å²) in [5, 5.41) is 9.42. The molecule has 1 unspecified atom stereocenters. The van der Waals surface area contributed by atoms with Gasteiger partial charge in [0.1, 0.15) is 11.4 Å². The molecular formula is C17H20N2O3. The molecule has 0 radical (unpaired) electrons. The molecule has 1 aromatic heterocycles. The van der Waals surface area contributed by atoms with E-state index in [0.29, 0.717) is 0 Å². The molecule has 0 spiro atoms. The van der Waals surface area contributed by atoms with E-state index < -0.39 is 5.97 Å². The Morgan fingerprint density at radius 3 is 2.91 bits per heavy atom. The number of fused-ring (bicyclic) bond motifs is 1. The average molecular weight is 300 g/mol. The fourth-order valence-corrected chi connectivity index (χ4v) is 3.40. The maximum atomic E-state index is 11.5. The van der Waals surface area contributed by atoms with Crippen LogP contribution < -0.4 is 4.74 Å². The summed E-state index contributed by atoms with van der Waals surface area (Å²) in [7, 11) is 1.64. The molecule has 5 nitrogen and oxygen atoms in total. The fourth-order valence-electron chi connectivity index (χ4n) is 3.40. The highest BCUT2D eigenvalue weighted by Crippen LogP contribution is 2.47. The van der Waals surface area contributed by atoms with E-state index in [2.05, 4.69) is 24.9 Å². The summed E-state index contributed by atoms with van der Waals surface area (Å²) in [6.45, 7) is 4.34. The first-order valence-corrected chi connectivity index (χ1v) is 7.36. The molecule has 2 aromatic rings. The summed E-state index contributed by atoms with van der Waals surface area (Å²) >= 11 is 0. The molecule has 5 heteroatoms. The number of imidazole rings is 1. The molecule has 1 aromatic carbocycles. The van der Waals surface area contributed by atoms with Crippen LogP contribution in [0, 0.1) is 5.41 Å². The topological polar surface area (TPSA) is 64.4 Å². The van der Waals surface area contributed by atoms with Gasteiger partial charge in [0, 0.05) is 0 Å². The highest BCUT2D eigenvalue weighted by atomic mass is 16.5. The van der Waals surface area contributed by atoms with E-state index in [-0.39, 0.29) is 17.2 Å². The van der Waals surface area contributed by atoms with Crippen LogP contribution in [0.15, 0.2) is 30.7 Å². The summed E-state index contributed by atoms with van der Waals surface area (Å²) in [5.41, 5.74) is 2.52. The highest BCUT2D eigenvalue weighted by molar-refractivity contribution is 5.85. The number of carboxylic acid groups (broad SMARTS) is 1. The number of hydrogen-bond acceptors (Lipinski definition) is 3. The normalized spacial score (nSPS) is 19.5. The first-order chi connectivity index (χ1) is 10.4. The zero-order valence-corrected chi connectivity index (χ0v) is 13.0. The van der Waals surface area contributed by atoms with Gasteiger partial charge in [0.25, 0.3) is 0 Å². The first-order valence-electron chi connectivity index (χ1n) is 7.36. The second-order valence-electron chi connectivity index (χ2n) is 6.45. The van der Waals surface area contributed by atoms with Crippen LogP contribution in [0.1, 0.15) is 47.9 Å². The molecule has 22 heavy (non-hydrogen) atoms. The monoisotopic (exact) mass is 300 g/mol. The molecule has 1 aliphatic rings. The van der Waals surface area contributed by atoms with Gasteiger partial charge in [-0.15, -0.1) is 0 Å². The third kappa shape index (κ3) is 2.26. The van der Waals surface area contributed by atoms with Crippen molar-refractivity contribution in [3.05, 3.63) is 47.5 Å². The number of ether oxygens (including phenoxy) is 1. The van der Waals surface area contributed by atoms with Crippen molar-refractivity contribution in [1.82, 2.24) is 9.55 Å². The van der Waals surface area contributed by atoms with Crippen molar-refractivity contribution in [2.24, 2.45) is 5.41 Å². The second kappa shape index (κ2) is 5.16. The van der Waals surface area contributed by atoms with Gasteiger partial charge in [0.2, 0.25) is 0 Å². The molecule has 1 heterocycles. The van der Waals surface area contributed by atoms with Crippen LogP contribution in [0.4, 0.5) is 0 Å². The Morgan fingerprint density at radius 1 is 1.45 bits per heavy atom. The van der Waals surface area contributed by atoms with E-state index in [1.54, 1.807) is 18.0 Å². The summed E-state index contributed by atoms with van der Waals surface area (Å²) in [6.07, 6.45) is 5.01. The van der Waals surface area contributed by atoms with Gasteiger partial charge in [-0.3, -0.25) is 0 Å². The molecule has 1 aliphatic carbocycles.